The van der Waals surface area contributed by atoms with Crippen LogP contribution in [0.2, 0.25) is 0 Å². The molecule has 0 saturated carbocycles. The molecule has 0 spiro atoms. The molecule has 0 aromatic heterocycles. The van der Waals surface area contributed by atoms with Gasteiger partial charge in [0.15, 0.2) is 0 Å². The number of nitrogens with zero attached hydrogens (tertiary/aromatic N) is 1. The van der Waals surface area contributed by atoms with Crippen LogP contribution in [0, 0.1) is 0 Å². The van der Waals surface area contributed by atoms with Crippen molar-refractivity contribution in [1.82, 2.24) is 5.32 Å². The lowest BCUT2D eigenvalue weighted by molar-refractivity contribution is -0.118. The van der Waals surface area contributed by atoms with Crippen molar-refractivity contribution >= 4 is 12.0 Å². The molecular weight excluding hydrogens is 132 g/mol. The Labute approximate surface area is 61.3 Å². The minimum Gasteiger partial charge on any atom is -0.359 e. The normalized spacial score (nSPS) is 5.10. The highest BCUT2D eigenvalue weighted by Crippen LogP contribution is 1.45. The molecule has 4 nitrogen and oxygen atoms in total. The van der Waals surface area contributed by atoms with Crippen molar-refractivity contribution < 1.29 is 9.59 Å². The fraction of sp³-hybridized carbons (Fsp3) is 0.667. The van der Waals surface area contributed by atoms with Gasteiger partial charge in [-0.15, -0.1) is 0 Å². The number of isocyanates is 1. The van der Waals surface area contributed by atoms with E-state index in [9.17, 15) is 4.79 Å². The van der Waals surface area contributed by atoms with Crippen molar-refractivity contribution in [2.75, 3.05) is 14.1 Å². The number of hydrogen-bond acceptors (Lipinski definition) is 3. The SMILES string of the molecule is C.CN=C=O.CNC(C)=O. The second-order valence-corrected chi connectivity index (χ2v) is 1.12. The Morgan fingerprint density at radius 3 is 1.80 bits per heavy atom. The monoisotopic (exact) mass is 146 g/mol. The van der Waals surface area contributed by atoms with Crippen LogP contribution < -0.4 is 5.32 Å². The smallest absolute Gasteiger partial charge is 0.234 e. The highest BCUT2D eigenvalue weighted by atomic mass is 16.1. The molecule has 0 radical (unpaired) electrons. The van der Waals surface area contributed by atoms with Gasteiger partial charge < -0.3 is 5.32 Å². The van der Waals surface area contributed by atoms with Crippen LogP contribution in [0.4, 0.5) is 0 Å². The molecule has 0 atom stereocenters. The van der Waals surface area contributed by atoms with Gasteiger partial charge in [-0.2, -0.15) is 0 Å². The van der Waals surface area contributed by atoms with E-state index in [0.717, 1.165) is 0 Å². The summed E-state index contributed by atoms with van der Waals surface area (Å²) in [7, 11) is 2.98. The van der Waals surface area contributed by atoms with E-state index >= 15 is 0 Å². The molecule has 0 aromatic carbocycles. The molecule has 1 N–H and O–H groups in total. The lowest BCUT2D eigenvalue weighted by Gasteiger charge is -1.80. The number of rotatable bonds is 0. The molecule has 1 amide bonds. The number of hydrogen-bond donors (Lipinski definition) is 1. The Hall–Kier alpha value is -1.15. The Kier molecular flexibility index (Phi) is 25.0. The molecule has 0 bridgehead atoms. The van der Waals surface area contributed by atoms with Crippen LogP contribution in [-0.2, 0) is 9.59 Å². The highest BCUT2D eigenvalue weighted by Gasteiger charge is 1.72. The number of amides is 1. The molecule has 0 aliphatic carbocycles. The molecule has 0 aliphatic heterocycles. The van der Waals surface area contributed by atoms with Crippen LogP contribution in [0.3, 0.4) is 0 Å². The van der Waals surface area contributed by atoms with E-state index < -0.39 is 0 Å². The zero-order valence-electron chi connectivity index (χ0n) is 5.76. The molecule has 0 saturated heterocycles. The summed E-state index contributed by atoms with van der Waals surface area (Å²) in [5, 5.41) is 2.39. The first-order valence-corrected chi connectivity index (χ1v) is 2.33. The first-order chi connectivity index (χ1) is 4.18. The van der Waals surface area contributed by atoms with Crippen LogP contribution in [0.1, 0.15) is 14.4 Å². The molecule has 0 rings (SSSR count). The zero-order valence-corrected chi connectivity index (χ0v) is 5.76. The van der Waals surface area contributed by atoms with Crippen molar-refractivity contribution in [3.05, 3.63) is 0 Å². The lowest BCUT2D eigenvalue weighted by Crippen LogP contribution is -2.11. The summed E-state index contributed by atoms with van der Waals surface area (Å²) in [6.45, 7) is 1.47. The predicted octanol–water partition coefficient (Wildman–Crippen LogP) is 0.340. The quantitative estimate of drug-likeness (QED) is 0.395. The molecular formula is C6H14N2O2. The van der Waals surface area contributed by atoms with Gasteiger partial charge in [0.05, 0.1) is 0 Å². The van der Waals surface area contributed by atoms with E-state index in [4.69, 9.17) is 4.79 Å². The highest BCUT2D eigenvalue weighted by molar-refractivity contribution is 5.72. The van der Waals surface area contributed by atoms with Gasteiger partial charge in [-0.05, 0) is 0 Å². The second kappa shape index (κ2) is 15.7. The van der Waals surface area contributed by atoms with Crippen molar-refractivity contribution in [3.63, 3.8) is 0 Å². The number of carbonyl (C=O) groups excluding carboxylic acids is 2. The molecule has 60 valence electrons. The molecule has 0 heterocycles. The third kappa shape index (κ3) is 68.5. The van der Waals surface area contributed by atoms with E-state index in [0.29, 0.717) is 0 Å². The maximum absolute atomic E-state index is 9.70. The van der Waals surface area contributed by atoms with Gasteiger partial charge >= 0.3 is 0 Å². The standard InChI is InChI=1S/C3H7NO.C2H3NO.CH4/c1-3(5)4-2;1-3-2-4;/h1-2H3,(H,4,5);1H3;1H4. The van der Waals surface area contributed by atoms with Gasteiger partial charge in [-0.25, -0.2) is 9.79 Å². The fourth-order valence-corrected chi connectivity index (χ4v) is 0. The number of aliphatic imine (C=N–C) groups is 1. The Morgan fingerprint density at radius 1 is 1.60 bits per heavy atom. The summed E-state index contributed by atoms with van der Waals surface area (Å²) in [5.41, 5.74) is 0. The lowest BCUT2D eigenvalue weighted by atomic mass is 10.7. The Bertz CT molecular complexity index is 117. The van der Waals surface area contributed by atoms with Crippen LogP contribution in [-0.4, -0.2) is 26.1 Å². The van der Waals surface area contributed by atoms with Crippen molar-refractivity contribution in [2.45, 2.75) is 14.4 Å². The average Bonchev–Trinajstić information content (AvgIpc) is 1.89. The van der Waals surface area contributed by atoms with Crippen LogP contribution in [0.15, 0.2) is 4.99 Å². The van der Waals surface area contributed by atoms with E-state index in [1.807, 2.05) is 0 Å². The molecule has 4 heteroatoms. The summed E-state index contributed by atoms with van der Waals surface area (Å²) in [6.07, 6.45) is 1.31. The summed E-state index contributed by atoms with van der Waals surface area (Å²) in [6, 6.07) is 0. The number of nitrogens with one attached hydrogen (secondary N) is 1. The molecule has 0 unspecified atom stereocenters. The van der Waals surface area contributed by atoms with Crippen LogP contribution in [0.25, 0.3) is 0 Å². The van der Waals surface area contributed by atoms with Gasteiger partial charge in [-0.3, -0.25) is 4.79 Å². The van der Waals surface area contributed by atoms with Crippen molar-refractivity contribution in [3.8, 4) is 0 Å². The van der Waals surface area contributed by atoms with E-state index in [1.54, 1.807) is 7.05 Å². The van der Waals surface area contributed by atoms with Gasteiger partial charge in [-0.1, -0.05) is 7.43 Å². The van der Waals surface area contributed by atoms with Gasteiger partial charge in [0.2, 0.25) is 12.0 Å². The largest absolute Gasteiger partial charge is 0.359 e. The van der Waals surface area contributed by atoms with Crippen molar-refractivity contribution in [2.24, 2.45) is 4.99 Å². The number of carbonyl (C=O) groups is 1. The summed E-state index contributed by atoms with van der Waals surface area (Å²) in [4.78, 5) is 21.5. The Balaban J connectivity index is -0.0000000910. The predicted molar refractivity (Wildman–Crippen MR) is 40.5 cm³/mol. The molecule has 0 fully saturated rings. The third-order valence-corrected chi connectivity index (χ3v) is 0.443. The third-order valence-electron chi connectivity index (χ3n) is 0.443. The first kappa shape index (κ1) is 15.9. The minimum absolute atomic E-state index is 0. The van der Waals surface area contributed by atoms with Gasteiger partial charge in [0.25, 0.3) is 0 Å². The van der Waals surface area contributed by atoms with Gasteiger partial charge in [0.1, 0.15) is 0 Å². The van der Waals surface area contributed by atoms with Crippen LogP contribution >= 0.6 is 0 Å². The topological polar surface area (TPSA) is 58.5 Å². The molecule has 0 aromatic rings. The van der Waals surface area contributed by atoms with Gasteiger partial charge in [0, 0.05) is 21.0 Å². The summed E-state index contributed by atoms with van der Waals surface area (Å²) >= 11 is 0. The van der Waals surface area contributed by atoms with E-state index in [1.165, 1.54) is 20.1 Å². The van der Waals surface area contributed by atoms with E-state index in [-0.39, 0.29) is 13.3 Å². The van der Waals surface area contributed by atoms with E-state index in [2.05, 4.69) is 10.3 Å². The summed E-state index contributed by atoms with van der Waals surface area (Å²) in [5.74, 6) is 0.00463. The second-order valence-electron chi connectivity index (χ2n) is 1.12. The Morgan fingerprint density at radius 2 is 1.80 bits per heavy atom. The van der Waals surface area contributed by atoms with Crippen molar-refractivity contribution in [1.29, 1.82) is 0 Å². The molecule has 0 aliphatic rings. The first-order valence-electron chi connectivity index (χ1n) is 2.33. The maximum Gasteiger partial charge on any atom is 0.234 e. The zero-order chi connectivity index (χ0) is 7.70. The minimum atomic E-state index is 0. The maximum atomic E-state index is 9.70. The summed E-state index contributed by atoms with van der Waals surface area (Å²) < 4.78 is 0. The van der Waals surface area contributed by atoms with Crippen LogP contribution in [0.5, 0.6) is 0 Å². The fourth-order valence-electron chi connectivity index (χ4n) is 0. The average molecular weight is 146 g/mol. The molecule has 10 heavy (non-hydrogen) atoms.